The molecule has 0 unspecified atom stereocenters. The van der Waals surface area contributed by atoms with E-state index in [1.54, 1.807) is 0 Å². The van der Waals surface area contributed by atoms with E-state index < -0.39 is 0 Å². The van der Waals surface area contributed by atoms with Crippen LogP contribution in [0.5, 0.6) is 0 Å². The van der Waals surface area contributed by atoms with Crippen LogP contribution in [0.15, 0.2) is 12.3 Å². The number of likely N-dealkylation sites (tertiary alicyclic amines) is 1. The van der Waals surface area contributed by atoms with Gasteiger partial charge in [0.15, 0.2) is 0 Å². The summed E-state index contributed by atoms with van der Waals surface area (Å²) in [6, 6.07) is 4.95. The molecule has 0 aliphatic carbocycles. The topological polar surface area (TPSA) is 44.9 Å². The minimum Gasteiger partial charge on any atom is -0.297 e. The molecule has 18 heavy (non-hydrogen) atoms. The zero-order chi connectivity index (χ0) is 13.2. The fraction of sp³-hybridized carbons (Fsp3) is 0.714. The number of nitrogens with zero attached hydrogens (tertiary/aromatic N) is 4. The summed E-state index contributed by atoms with van der Waals surface area (Å²) in [5.74, 6) is 0. The van der Waals surface area contributed by atoms with E-state index in [1.807, 2.05) is 10.9 Å². The molecule has 2 heterocycles. The Morgan fingerprint density at radius 1 is 1.44 bits per heavy atom. The lowest BCUT2D eigenvalue weighted by molar-refractivity contribution is 0.148. The summed E-state index contributed by atoms with van der Waals surface area (Å²) in [5.41, 5.74) is 1.01. The van der Waals surface area contributed by atoms with Gasteiger partial charge in [-0.2, -0.15) is 10.4 Å². The minimum atomic E-state index is -0.117. The number of piperidine rings is 1. The van der Waals surface area contributed by atoms with E-state index in [4.69, 9.17) is 5.26 Å². The minimum absolute atomic E-state index is 0.117. The van der Waals surface area contributed by atoms with Crippen LogP contribution < -0.4 is 0 Å². The average molecular weight is 246 g/mol. The van der Waals surface area contributed by atoms with Crippen molar-refractivity contribution in [2.75, 3.05) is 13.1 Å². The predicted octanol–water partition coefficient (Wildman–Crippen LogP) is 2.59. The Morgan fingerprint density at radius 3 is 2.61 bits per heavy atom. The third kappa shape index (κ3) is 2.91. The van der Waals surface area contributed by atoms with E-state index in [1.165, 1.54) is 0 Å². The lowest BCUT2D eigenvalue weighted by Gasteiger charge is -2.34. The van der Waals surface area contributed by atoms with Gasteiger partial charge in [-0.3, -0.25) is 9.58 Å². The zero-order valence-corrected chi connectivity index (χ0v) is 11.6. The molecular weight excluding hydrogens is 224 g/mol. The summed E-state index contributed by atoms with van der Waals surface area (Å²) in [7, 11) is 0. The van der Waals surface area contributed by atoms with Gasteiger partial charge in [-0.05, 0) is 39.7 Å². The first-order valence-electron chi connectivity index (χ1n) is 6.70. The summed E-state index contributed by atoms with van der Waals surface area (Å²) < 4.78 is 2.00. The van der Waals surface area contributed by atoms with Gasteiger partial charge in [0, 0.05) is 31.9 Å². The standard InChI is InChI=1S/C14H22N4/c1-12(2)18-7-4-13(16-18)10-17-8-5-14(3,11-15)6-9-17/h4,7,12H,5-6,8-10H2,1-3H3. The van der Waals surface area contributed by atoms with Gasteiger partial charge < -0.3 is 0 Å². The smallest absolute Gasteiger partial charge is 0.0764 e. The predicted molar refractivity (Wildman–Crippen MR) is 70.8 cm³/mol. The molecule has 98 valence electrons. The van der Waals surface area contributed by atoms with Gasteiger partial charge in [0.2, 0.25) is 0 Å². The highest BCUT2D eigenvalue weighted by Gasteiger charge is 2.29. The first-order chi connectivity index (χ1) is 8.52. The van der Waals surface area contributed by atoms with Crippen LogP contribution in [0.3, 0.4) is 0 Å². The summed E-state index contributed by atoms with van der Waals surface area (Å²) in [5, 5.41) is 13.7. The average Bonchev–Trinajstić information content (AvgIpc) is 2.81. The lowest BCUT2D eigenvalue weighted by Crippen LogP contribution is -2.37. The van der Waals surface area contributed by atoms with E-state index in [0.29, 0.717) is 6.04 Å². The van der Waals surface area contributed by atoms with E-state index in [9.17, 15) is 0 Å². The van der Waals surface area contributed by atoms with Crippen molar-refractivity contribution in [1.82, 2.24) is 14.7 Å². The highest BCUT2D eigenvalue weighted by atomic mass is 15.3. The second-order valence-corrected chi connectivity index (χ2v) is 5.83. The molecule has 0 radical (unpaired) electrons. The van der Waals surface area contributed by atoms with Crippen LogP contribution in [0.2, 0.25) is 0 Å². The van der Waals surface area contributed by atoms with Crippen LogP contribution in [-0.2, 0) is 6.54 Å². The van der Waals surface area contributed by atoms with Gasteiger partial charge in [-0.1, -0.05) is 0 Å². The molecule has 1 aliphatic heterocycles. The van der Waals surface area contributed by atoms with Crippen molar-refractivity contribution in [1.29, 1.82) is 5.26 Å². The molecule has 0 amide bonds. The van der Waals surface area contributed by atoms with Gasteiger partial charge >= 0.3 is 0 Å². The summed E-state index contributed by atoms with van der Waals surface area (Å²) in [6.45, 7) is 9.24. The first-order valence-corrected chi connectivity index (χ1v) is 6.70. The molecule has 2 rings (SSSR count). The monoisotopic (exact) mass is 246 g/mol. The Labute approximate surface area is 109 Å². The summed E-state index contributed by atoms with van der Waals surface area (Å²) in [4.78, 5) is 2.39. The Balaban J connectivity index is 1.90. The molecular formula is C14H22N4. The Hall–Kier alpha value is -1.34. The van der Waals surface area contributed by atoms with Crippen molar-refractivity contribution in [3.8, 4) is 6.07 Å². The Kier molecular flexibility index (Phi) is 3.72. The van der Waals surface area contributed by atoms with Crippen molar-refractivity contribution in [2.45, 2.75) is 46.2 Å². The van der Waals surface area contributed by atoms with Crippen molar-refractivity contribution in [3.63, 3.8) is 0 Å². The maximum absolute atomic E-state index is 9.11. The van der Waals surface area contributed by atoms with E-state index >= 15 is 0 Å². The number of nitriles is 1. The molecule has 1 aromatic rings. The van der Waals surface area contributed by atoms with Crippen molar-refractivity contribution < 1.29 is 0 Å². The van der Waals surface area contributed by atoms with Crippen LogP contribution in [0, 0.1) is 16.7 Å². The highest BCUT2D eigenvalue weighted by Crippen LogP contribution is 2.30. The molecule has 0 saturated carbocycles. The van der Waals surface area contributed by atoms with Crippen molar-refractivity contribution in [3.05, 3.63) is 18.0 Å². The van der Waals surface area contributed by atoms with Crippen molar-refractivity contribution in [2.24, 2.45) is 5.41 Å². The van der Waals surface area contributed by atoms with E-state index in [-0.39, 0.29) is 5.41 Å². The maximum Gasteiger partial charge on any atom is 0.0764 e. The van der Waals surface area contributed by atoms with Crippen LogP contribution in [-0.4, -0.2) is 27.8 Å². The van der Waals surface area contributed by atoms with Gasteiger partial charge in [-0.25, -0.2) is 0 Å². The Bertz CT molecular complexity index is 433. The fourth-order valence-electron chi connectivity index (χ4n) is 2.29. The van der Waals surface area contributed by atoms with Gasteiger partial charge in [-0.15, -0.1) is 0 Å². The second-order valence-electron chi connectivity index (χ2n) is 5.83. The molecule has 0 N–H and O–H groups in total. The van der Waals surface area contributed by atoms with Crippen LogP contribution in [0.1, 0.15) is 45.3 Å². The fourth-order valence-corrected chi connectivity index (χ4v) is 2.29. The number of aromatic nitrogens is 2. The third-order valence-corrected chi connectivity index (χ3v) is 3.81. The summed E-state index contributed by atoms with van der Waals surface area (Å²) in [6.07, 6.45) is 3.98. The van der Waals surface area contributed by atoms with Crippen LogP contribution >= 0.6 is 0 Å². The molecule has 0 bridgehead atoms. The quantitative estimate of drug-likeness (QED) is 0.823. The number of hydrogen-bond donors (Lipinski definition) is 0. The summed E-state index contributed by atoms with van der Waals surface area (Å²) >= 11 is 0. The first kappa shape index (κ1) is 13.1. The maximum atomic E-state index is 9.11. The van der Waals surface area contributed by atoms with E-state index in [2.05, 4.69) is 42.9 Å². The van der Waals surface area contributed by atoms with Gasteiger partial charge in [0.05, 0.1) is 17.2 Å². The molecule has 0 spiro atoms. The van der Waals surface area contributed by atoms with Crippen LogP contribution in [0.25, 0.3) is 0 Å². The zero-order valence-electron chi connectivity index (χ0n) is 11.6. The van der Waals surface area contributed by atoms with Gasteiger partial charge in [0.1, 0.15) is 0 Å². The lowest BCUT2D eigenvalue weighted by atomic mass is 9.82. The molecule has 4 heteroatoms. The number of rotatable bonds is 3. The molecule has 0 aromatic carbocycles. The number of hydrogen-bond acceptors (Lipinski definition) is 3. The van der Waals surface area contributed by atoms with Crippen LogP contribution in [0.4, 0.5) is 0 Å². The van der Waals surface area contributed by atoms with Crippen molar-refractivity contribution >= 4 is 0 Å². The third-order valence-electron chi connectivity index (χ3n) is 3.81. The molecule has 1 aliphatic rings. The molecule has 0 atom stereocenters. The van der Waals surface area contributed by atoms with Gasteiger partial charge in [0.25, 0.3) is 0 Å². The molecule has 1 saturated heterocycles. The SMILES string of the molecule is CC(C)n1ccc(CN2CCC(C)(C#N)CC2)n1. The largest absolute Gasteiger partial charge is 0.297 e. The molecule has 4 nitrogen and oxygen atoms in total. The molecule has 1 fully saturated rings. The highest BCUT2D eigenvalue weighted by molar-refractivity contribution is 5.02. The second kappa shape index (κ2) is 5.11. The Morgan fingerprint density at radius 2 is 2.11 bits per heavy atom. The normalized spacial score (nSPS) is 19.9. The van der Waals surface area contributed by atoms with E-state index in [0.717, 1.165) is 38.2 Å². The molecule has 1 aromatic heterocycles.